The number of hydrogen-bond acceptors (Lipinski definition) is 5. The van der Waals surface area contributed by atoms with E-state index in [1.807, 2.05) is 6.92 Å². The third kappa shape index (κ3) is 2.31. The topological polar surface area (TPSA) is 90.1 Å². The van der Waals surface area contributed by atoms with Gasteiger partial charge in [0.2, 0.25) is 11.8 Å². The Hall–Kier alpha value is -2.21. The van der Waals surface area contributed by atoms with Crippen molar-refractivity contribution in [2.24, 2.45) is 5.73 Å². The molecule has 3 rings (SSSR count). The van der Waals surface area contributed by atoms with Gasteiger partial charge in [0.25, 0.3) is 0 Å². The van der Waals surface area contributed by atoms with Crippen molar-refractivity contribution in [1.82, 2.24) is 15.3 Å². The molecule has 0 aliphatic carbocycles. The van der Waals surface area contributed by atoms with E-state index >= 15 is 0 Å². The predicted molar refractivity (Wildman–Crippen MR) is 79.6 cm³/mol. The minimum atomic E-state index is -0.448. The molecular formula is C15H18N4O2. The fourth-order valence-electron chi connectivity index (χ4n) is 2.82. The second kappa shape index (κ2) is 5.29. The minimum absolute atomic E-state index is 0.286. The summed E-state index contributed by atoms with van der Waals surface area (Å²) in [7, 11) is 1.60. The average molecular weight is 286 g/mol. The number of nitrogens with two attached hydrogens (primary N) is 1. The van der Waals surface area contributed by atoms with Gasteiger partial charge in [-0.1, -0.05) is 0 Å². The lowest BCUT2D eigenvalue weighted by Gasteiger charge is -2.14. The zero-order valence-electron chi connectivity index (χ0n) is 12.1. The lowest BCUT2D eigenvalue weighted by molar-refractivity contribution is 0.1000. The van der Waals surface area contributed by atoms with E-state index < -0.39 is 5.91 Å². The molecule has 6 heteroatoms. The fraction of sp³-hybridized carbons (Fsp3) is 0.400. The monoisotopic (exact) mass is 286 g/mol. The summed E-state index contributed by atoms with van der Waals surface area (Å²) in [4.78, 5) is 20.7. The number of benzene rings is 1. The van der Waals surface area contributed by atoms with E-state index in [1.165, 1.54) is 0 Å². The number of ether oxygens (including phenoxy) is 1. The van der Waals surface area contributed by atoms with Gasteiger partial charge in [0.15, 0.2) is 0 Å². The molecule has 1 aromatic heterocycles. The maximum atomic E-state index is 11.5. The van der Waals surface area contributed by atoms with E-state index in [1.54, 1.807) is 19.2 Å². The van der Waals surface area contributed by atoms with Gasteiger partial charge in [-0.2, -0.15) is 0 Å². The molecule has 6 nitrogen and oxygen atoms in total. The number of methoxy groups -OCH3 is 1. The molecule has 0 bridgehead atoms. The molecule has 21 heavy (non-hydrogen) atoms. The number of rotatable bonds is 3. The van der Waals surface area contributed by atoms with E-state index in [2.05, 4.69) is 10.3 Å². The number of aromatic nitrogens is 2. The molecule has 1 atom stereocenters. The van der Waals surface area contributed by atoms with Crippen LogP contribution in [0.3, 0.4) is 0 Å². The average Bonchev–Trinajstić information content (AvgIpc) is 3.00. The fourth-order valence-corrected chi connectivity index (χ4v) is 2.82. The van der Waals surface area contributed by atoms with Crippen LogP contribution in [0.15, 0.2) is 12.1 Å². The van der Waals surface area contributed by atoms with Crippen LogP contribution in [0.25, 0.3) is 11.0 Å². The van der Waals surface area contributed by atoms with Crippen LogP contribution in [0.1, 0.15) is 34.0 Å². The highest BCUT2D eigenvalue weighted by Crippen LogP contribution is 2.30. The molecule has 0 radical (unpaired) electrons. The van der Waals surface area contributed by atoms with Crippen molar-refractivity contribution in [3.05, 3.63) is 29.0 Å². The minimum Gasteiger partial charge on any atom is -0.480 e. The number of amides is 1. The van der Waals surface area contributed by atoms with Crippen molar-refractivity contribution < 1.29 is 9.53 Å². The van der Waals surface area contributed by atoms with Gasteiger partial charge in [-0.15, -0.1) is 0 Å². The Morgan fingerprint density at radius 3 is 2.86 bits per heavy atom. The lowest BCUT2D eigenvalue weighted by atomic mass is 10.0. The Bertz CT molecular complexity index is 708. The summed E-state index contributed by atoms with van der Waals surface area (Å²) in [5.41, 5.74) is 8.93. The molecule has 1 unspecified atom stereocenters. The lowest BCUT2D eigenvalue weighted by Crippen LogP contribution is -2.14. The van der Waals surface area contributed by atoms with Crippen molar-refractivity contribution in [3.8, 4) is 5.88 Å². The number of hydrogen-bond donors (Lipinski definition) is 2. The largest absolute Gasteiger partial charge is 0.480 e. The normalized spacial score (nSPS) is 18.1. The van der Waals surface area contributed by atoms with Gasteiger partial charge in [0.1, 0.15) is 5.69 Å². The number of primary amides is 1. The molecule has 0 saturated carbocycles. The molecule has 2 aromatic rings. The number of carbonyl (C=O) groups is 1. The number of carbonyl (C=O) groups excluding carboxylic acids is 1. The second-order valence-electron chi connectivity index (χ2n) is 5.28. The maximum Gasteiger partial charge on any atom is 0.249 e. The van der Waals surface area contributed by atoms with Crippen molar-refractivity contribution >= 4 is 16.9 Å². The van der Waals surface area contributed by atoms with Gasteiger partial charge in [0.05, 0.1) is 18.1 Å². The van der Waals surface area contributed by atoms with Crippen LogP contribution in [0.4, 0.5) is 0 Å². The number of nitrogens with one attached hydrogen (secondary N) is 1. The highest BCUT2D eigenvalue weighted by Gasteiger charge is 2.24. The third-order valence-corrected chi connectivity index (χ3v) is 3.99. The van der Waals surface area contributed by atoms with Crippen LogP contribution in [0.5, 0.6) is 5.88 Å². The van der Waals surface area contributed by atoms with Crippen molar-refractivity contribution in [2.75, 3.05) is 20.2 Å². The molecule has 1 aromatic carbocycles. The first-order valence-electron chi connectivity index (χ1n) is 6.97. The zero-order valence-corrected chi connectivity index (χ0v) is 12.1. The summed E-state index contributed by atoms with van der Waals surface area (Å²) in [5.74, 6) is 0.395. The molecular weight excluding hydrogens is 268 g/mol. The predicted octanol–water partition coefficient (Wildman–Crippen LogP) is 1.12. The first-order chi connectivity index (χ1) is 10.1. The molecule has 1 saturated heterocycles. The van der Waals surface area contributed by atoms with Gasteiger partial charge in [-0.3, -0.25) is 4.79 Å². The Morgan fingerprint density at radius 1 is 1.43 bits per heavy atom. The van der Waals surface area contributed by atoms with E-state index in [4.69, 9.17) is 15.5 Å². The Morgan fingerprint density at radius 2 is 2.24 bits per heavy atom. The molecule has 0 spiro atoms. The highest BCUT2D eigenvalue weighted by atomic mass is 16.5. The van der Waals surface area contributed by atoms with Crippen LogP contribution < -0.4 is 15.8 Å². The first kappa shape index (κ1) is 13.8. The van der Waals surface area contributed by atoms with Crippen molar-refractivity contribution in [2.45, 2.75) is 19.3 Å². The molecule has 3 N–H and O–H groups in total. The summed E-state index contributed by atoms with van der Waals surface area (Å²) in [6.45, 7) is 3.68. The third-order valence-electron chi connectivity index (χ3n) is 3.99. The van der Waals surface area contributed by atoms with Crippen LogP contribution in [-0.2, 0) is 0 Å². The molecule has 1 aliphatic heterocycles. The molecule has 2 heterocycles. The SMILES string of the molecule is COc1nc2ccc(C(N)=O)c(C)c2nc1C1CCNC1. The Labute approximate surface area is 122 Å². The van der Waals surface area contributed by atoms with E-state index in [9.17, 15) is 4.79 Å². The molecule has 1 amide bonds. The maximum absolute atomic E-state index is 11.5. The highest BCUT2D eigenvalue weighted by molar-refractivity contribution is 5.98. The Kier molecular flexibility index (Phi) is 3.47. The van der Waals surface area contributed by atoms with Crippen molar-refractivity contribution in [1.29, 1.82) is 0 Å². The summed E-state index contributed by atoms with van der Waals surface area (Å²) in [5, 5.41) is 3.32. The smallest absolute Gasteiger partial charge is 0.249 e. The van der Waals surface area contributed by atoms with Crippen LogP contribution >= 0.6 is 0 Å². The number of aryl methyl sites for hydroxylation is 1. The van der Waals surface area contributed by atoms with Crippen LogP contribution in [0.2, 0.25) is 0 Å². The molecule has 1 fully saturated rings. The molecule has 1 aliphatic rings. The van der Waals surface area contributed by atoms with Gasteiger partial charge in [0, 0.05) is 18.0 Å². The summed E-state index contributed by atoms with van der Waals surface area (Å²) >= 11 is 0. The van der Waals surface area contributed by atoms with E-state index in [0.29, 0.717) is 22.5 Å². The van der Waals surface area contributed by atoms with Gasteiger partial charge < -0.3 is 15.8 Å². The van der Waals surface area contributed by atoms with Gasteiger partial charge >= 0.3 is 0 Å². The summed E-state index contributed by atoms with van der Waals surface area (Å²) in [6, 6.07) is 3.44. The second-order valence-corrected chi connectivity index (χ2v) is 5.28. The van der Waals surface area contributed by atoms with Gasteiger partial charge in [-0.05, 0) is 37.6 Å². The first-order valence-corrected chi connectivity index (χ1v) is 6.97. The van der Waals surface area contributed by atoms with E-state index in [0.717, 1.165) is 30.8 Å². The number of nitrogens with zero attached hydrogens (tertiary/aromatic N) is 2. The summed E-state index contributed by atoms with van der Waals surface area (Å²) < 4.78 is 5.39. The standard InChI is InChI=1S/C15H18N4O2/c1-8-10(14(16)20)3-4-11-12(8)19-13(15(18-11)21-2)9-5-6-17-7-9/h3-4,9,17H,5-7H2,1-2H3,(H2,16,20). The summed E-state index contributed by atoms with van der Waals surface area (Å²) in [6.07, 6.45) is 1.01. The van der Waals surface area contributed by atoms with Crippen molar-refractivity contribution in [3.63, 3.8) is 0 Å². The van der Waals surface area contributed by atoms with Crippen LogP contribution in [-0.4, -0.2) is 36.1 Å². The van der Waals surface area contributed by atoms with Crippen LogP contribution in [0, 0.1) is 6.92 Å². The quantitative estimate of drug-likeness (QED) is 0.882. The van der Waals surface area contributed by atoms with E-state index in [-0.39, 0.29) is 5.92 Å². The van der Waals surface area contributed by atoms with Gasteiger partial charge in [-0.25, -0.2) is 9.97 Å². The molecule has 110 valence electrons. The number of fused-ring (bicyclic) bond motifs is 1. The zero-order chi connectivity index (χ0) is 15.0. The Balaban J connectivity index is 2.22.